The lowest BCUT2D eigenvalue weighted by Gasteiger charge is -2.05. The molecule has 19 heavy (non-hydrogen) atoms. The van der Waals surface area contributed by atoms with Gasteiger partial charge in [-0.25, -0.2) is 4.98 Å². The van der Waals surface area contributed by atoms with E-state index < -0.39 is 0 Å². The summed E-state index contributed by atoms with van der Waals surface area (Å²) in [7, 11) is 0. The number of rotatable bonds is 3. The number of nitrogens with zero attached hydrogens (tertiary/aromatic N) is 1. The van der Waals surface area contributed by atoms with Gasteiger partial charge in [-0.05, 0) is 25.1 Å². The molecule has 5 heteroatoms. The van der Waals surface area contributed by atoms with E-state index in [2.05, 4.69) is 15.3 Å². The number of nitrogens with one attached hydrogen (secondary N) is 2. The Kier molecular flexibility index (Phi) is 3.05. The van der Waals surface area contributed by atoms with Crippen molar-refractivity contribution in [3.63, 3.8) is 0 Å². The molecule has 0 saturated heterocycles. The van der Waals surface area contributed by atoms with Crippen LogP contribution in [0, 0.1) is 6.92 Å². The highest BCUT2D eigenvalue weighted by molar-refractivity contribution is 7.09. The van der Waals surface area contributed by atoms with E-state index in [1.165, 1.54) is 0 Å². The molecule has 0 fully saturated rings. The van der Waals surface area contributed by atoms with Crippen molar-refractivity contribution in [1.82, 2.24) is 9.97 Å². The molecule has 3 rings (SSSR count). The Labute approximate surface area is 114 Å². The summed E-state index contributed by atoms with van der Waals surface area (Å²) in [5.74, 6) is -0.0426. The maximum atomic E-state index is 12.0. The van der Waals surface area contributed by atoms with E-state index in [1.807, 2.05) is 42.8 Å². The molecule has 4 nitrogen and oxygen atoms in total. The Morgan fingerprint density at radius 1 is 1.42 bits per heavy atom. The lowest BCUT2D eigenvalue weighted by molar-refractivity contribution is -0.115. The minimum absolute atomic E-state index is 0.0426. The van der Waals surface area contributed by atoms with E-state index in [0.29, 0.717) is 6.42 Å². The topological polar surface area (TPSA) is 57.8 Å². The predicted molar refractivity (Wildman–Crippen MR) is 77.5 cm³/mol. The molecule has 96 valence electrons. The zero-order valence-electron chi connectivity index (χ0n) is 10.4. The second-order valence-corrected chi connectivity index (χ2v) is 5.39. The summed E-state index contributed by atoms with van der Waals surface area (Å²) in [5.41, 5.74) is 2.67. The van der Waals surface area contributed by atoms with Crippen LogP contribution >= 0.6 is 11.3 Å². The van der Waals surface area contributed by atoms with Gasteiger partial charge in [0.15, 0.2) is 0 Å². The smallest absolute Gasteiger partial charge is 0.230 e. The monoisotopic (exact) mass is 271 g/mol. The Balaban J connectivity index is 1.77. The van der Waals surface area contributed by atoms with Crippen molar-refractivity contribution in [3.8, 4) is 0 Å². The second kappa shape index (κ2) is 4.85. The summed E-state index contributed by atoms with van der Waals surface area (Å²) in [5, 5.41) is 6.86. The van der Waals surface area contributed by atoms with E-state index in [-0.39, 0.29) is 5.91 Å². The molecular formula is C14H13N3OS. The molecule has 0 aliphatic rings. The Morgan fingerprint density at radius 2 is 2.32 bits per heavy atom. The first kappa shape index (κ1) is 11.9. The number of thiazole rings is 1. The molecule has 0 bridgehead atoms. The Morgan fingerprint density at radius 3 is 3.11 bits per heavy atom. The number of H-pyrrole nitrogens is 1. The largest absolute Gasteiger partial charge is 0.361 e. The van der Waals surface area contributed by atoms with Crippen LogP contribution in [-0.4, -0.2) is 15.9 Å². The van der Waals surface area contributed by atoms with Crippen molar-refractivity contribution < 1.29 is 4.79 Å². The van der Waals surface area contributed by atoms with Gasteiger partial charge >= 0.3 is 0 Å². The maximum Gasteiger partial charge on any atom is 0.230 e. The van der Waals surface area contributed by atoms with E-state index in [4.69, 9.17) is 0 Å². The fourth-order valence-corrected chi connectivity index (χ4v) is 2.66. The highest BCUT2D eigenvalue weighted by Crippen LogP contribution is 2.22. The number of hydrogen-bond donors (Lipinski definition) is 2. The zero-order chi connectivity index (χ0) is 13.2. The van der Waals surface area contributed by atoms with Gasteiger partial charge < -0.3 is 10.3 Å². The van der Waals surface area contributed by atoms with Gasteiger partial charge in [0, 0.05) is 22.5 Å². The second-order valence-electron chi connectivity index (χ2n) is 4.33. The van der Waals surface area contributed by atoms with E-state index in [0.717, 1.165) is 27.3 Å². The van der Waals surface area contributed by atoms with Crippen molar-refractivity contribution in [2.45, 2.75) is 13.3 Å². The van der Waals surface area contributed by atoms with Crippen LogP contribution in [0.2, 0.25) is 0 Å². The van der Waals surface area contributed by atoms with Crippen LogP contribution in [0.3, 0.4) is 0 Å². The molecule has 2 heterocycles. The van der Waals surface area contributed by atoms with Gasteiger partial charge in [0.1, 0.15) is 0 Å². The number of carbonyl (C=O) groups is 1. The standard InChI is InChI=1S/C14H13N3OS/c1-9-16-10(8-19-9)7-14(18)17-13-4-2-3-12-11(13)5-6-15-12/h2-6,8,15H,7H2,1H3,(H,17,18). The summed E-state index contributed by atoms with van der Waals surface area (Å²) in [6.07, 6.45) is 2.18. The van der Waals surface area contributed by atoms with Crippen LogP contribution in [0.1, 0.15) is 10.7 Å². The van der Waals surface area contributed by atoms with Crippen LogP contribution in [0.15, 0.2) is 35.8 Å². The average Bonchev–Trinajstić information content (AvgIpc) is 2.98. The molecule has 2 N–H and O–H groups in total. The molecule has 0 aliphatic heterocycles. The van der Waals surface area contributed by atoms with Crippen molar-refractivity contribution in [3.05, 3.63) is 46.5 Å². The number of aromatic nitrogens is 2. The lowest BCUT2D eigenvalue weighted by atomic mass is 10.2. The summed E-state index contributed by atoms with van der Waals surface area (Å²) in [6, 6.07) is 7.76. The highest BCUT2D eigenvalue weighted by atomic mass is 32.1. The zero-order valence-corrected chi connectivity index (χ0v) is 11.3. The van der Waals surface area contributed by atoms with Gasteiger partial charge in [-0.1, -0.05) is 6.07 Å². The first-order valence-corrected chi connectivity index (χ1v) is 6.87. The first-order chi connectivity index (χ1) is 9.22. The molecule has 0 atom stereocenters. The van der Waals surface area contributed by atoms with Crippen LogP contribution in [0.4, 0.5) is 5.69 Å². The van der Waals surface area contributed by atoms with Crippen molar-refractivity contribution in [1.29, 1.82) is 0 Å². The number of hydrogen-bond acceptors (Lipinski definition) is 3. The minimum Gasteiger partial charge on any atom is -0.361 e. The molecule has 2 aromatic heterocycles. The van der Waals surface area contributed by atoms with Gasteiger partial charge in [0.2, 0.25) is 5.91 Å². The lowest BCUT2D eigenvalue weighted by Crippen LogP contribution is -2.14. The van der Waals surface area contributed by atoms with Crippen molar-refractivity contribution >= 4 is 33.8 Å². The van der Waals surface area contributed by atoms with E-state index in [1.54, 1.807) is 11.3 Å². The Bertz CT molecular complexity index is 729. The number of benzene rings is 1. The van der Waals surface area contributed by atoms with Crippen molar-refractivity contribution in [2.24, 2.45) is 0 Å². The molecular weight excluding hydrogens is 258 g/mol. The fourth-order valence-electron chi connectivity index (χ4n) is 2.04. The maximum absolute atomic E-state index is 12.0. The fraction of sp³-hybridized carbons (Fsp3) is 0.143. The molecule has 0 spiro atoms. The molecule has 0 radical (unpaired) electrons. The summed E-state index contributed by atoms with van der Waals surface area (Å²) in [6.45, 7) is 1.94. The van der Waals surface area contributed by atoms with E-state index >= 15 is 0 Å². The number of carbonyl (C=O) groups excluding carboxylic acids is 1. The number of aromatic amines is 1. The van der Waals surface area contributed by atoms with Gasteiger partial charge in [-0.15, -0.1) is 11.3 Å². The highest BCUT2D eigenvalue weighted by Gasteiger charge is 2.09. The number of fused-ring (bicyclic) bond motifs is 1. The summed E-state index contributed by atoms with van der Waals surface area (Å²) in [4.78, 5) is 19.4. The molecule has 0 aliphatic carbocycles. The van der Waals surface area contributed by atoms with Crippen LogP contribution in [0.5, 0.6) is 0 Å². The van der Waals surface area contributed by atoms with Crippen LogP contribution in [-0.2, 0) is 11.2 Å². The summed E-state index contributed by atoms with van der Waals surface area (Å²) >= 11 is 1.56. The Hall–Kier alpha value is -2.14. The third-order valence-electron chi connectivity index (χ3n) is 2.88. The van der Waals surface area contributed by atoms with Gasteiger partial charge in [-0.2, -0.15) is 0 Å². The average molecular weight is 271 g/mol. The molecule has 0 saturated carbocycles. The number of aryl methyl sites for hydroxylation is 1. The van der Waals surface area contributed by atoms with Gasteiger partial charge in [0.05, 0.1) is 22.8 Å². The normalized spacial score (nSPS) is 10.8. The number of anilines is 1. The van der Waals surface area contributed by atoms with Crippen LogP contribution in [0.25, 0.3) is 10.9 Å². The van der Waals surface area contributed by atoms with Crippen LogP contribution < -0.4 is 5.32 Å². The quantitative estimate of drug-likeness (QED) is 0.769. The predicted octanol–water partition coefficient (Wildman–Crippen LogP) is 3.11. The third-order valence-corrected chi connectivity index (χ3v) is 3.70. The van der Waals surface area contributed by atoms with Gasteiger partial charge in [-0.3, -0.25) is 4.79 Å². The molecule has 1 aromatic carbocycles. The minimum atomic E-state index is -0.0426. The molecule has 1 amide bonds. The van der Waals surface area contributed by atoms with Gasteiger partial charge in [0.25, 0.3) is 0 Å². The summed E-state index contributed by atoms with van der Waals surface area (Å²) < 4.78 is 0. The SMILES string of the molecule is Cc1nc(CC(=O)Nc2cccc3[nH]ccc23)cs1. The first-order valence-electron chi connectivity index (χ1n) is 5.99. The molecule has 3 aromatic rings. The molecule has 0 unspecified atom stereocenters. The number of amides is 1. The third kappa shape index (κ3) is 2.51. The van der Waals surface area contributed by atoms with E-state index in [9.17, 15) is 4.79 Å². The van der Waals surface area contributed by atoms with Crippen molar-refractivity contribution in [2.75, 3.05) is 5.32 Å².